The first-order chi connectivity index (χ1) is 14.8. The lowest BCUT2D eigenvalue weighted by Gasteiger charge is -2.49. The monoisotopic (exact) mass is 464 g/mol. The Kier molecular flexibility index (Phi) is 5.53. The van der Waals surface area contributed by atoms with E-state index in [1.54, 1.807) is 0 Å². The number of aliphatic imine (C=N–C) groups is 1. The standard InChI is InChI=1S/C16H16N8O5S2/c1-5(25)19-16-21-12(22-23-16)6-3-30-14-9(13(27)24(14)10(6)15(28)29)20-8(26)2-7-11(17)31-4-18-7/h4,7,9,14,17H,2-3H2,1H3,(H,20,26)(H,28,29)(H2,19,21,22,23,25)/t7?,9?,14-/m1/s1. The fourth-order valence-electron chi connectivity index (χ4n) is 3.27. The number of nitrogens with one attached hydrogen (secondary N) is 4. The lowest BCUT2D eigenvalue weighted by molar-refractivity contribution is -0.150. The molecule has 162 valence electrons. The largest absolute Gasteiger partial charge is 0.477 e. The minimum atomic E-state index is -1.32. The molecule has 0 bridgehead atoms. The van der Waals surface area contributed by atoms with E-state index in [1.807, 2.05) is 0 Å². The number of aliphatic carboxylic acids is 1. The number of carboxylic acids is 1. The van der Waals surface area contributed by atoms with Crippen LogP contribution < -0.4 is 10.6 Å². The number of carbonyl (C=O) groups is 4. The summed E-state index contributed by atoms with van der Waals surface area (Å²) in [6, 6.07) is -1.43. The summed E-state index contributed by atoms with van der Waals surface area (Å²) >= 11 is 2.41. The van der Waals surface area contributed by atoms with E-state index >= 15 is 0 Å². The van der Waals surface area contributed by atoms with Crippen LogP contribution in [-0.4, -0.2) is 82.7 Å². The van der Waals surface area contributed by atoms with E-state index < -0.39 is 35.2 Å². The summed E-state index contributed by atoms with van der Waals surface area (Å²) in [5.74, 6) is -2.37. The van der Waals surface area contributed by atoms with E-state index in [1.165, 1.54) is 24.2 Å². The third-order valence-electron chi connectivity index (χ3n) is 4.65. The summed E-state index contributed by atoms with van der Waals surface area (Å²) in [4.78, 5) is 57.3. The molecule has 1 fully saturated rings. The second-order valence-electron chi connectivity index (χ2n) is 6.73. The number of fused-ring (bicyclic) bond motifs is 1. The molecule has 15 heteroatoms. The Morgan fingerprint density at radius 1 is 1.42 bits per heavy atom. The van der Waals surface area contributed by atoms with Crippen LogP contribution in [0.5, 0.6) is 0 Å². The van der Waals surface area contributed by atoms with Gasteiger partial charge in [0.05, 0.1) is 17.0 Å². The van der Waals surface area contributed by atoms with Crippen molar-refractivity contribution >= 4 is 69.3 Å². The number of aromatic amines is 1. The molecule has 5 N–H and O–H groups in total. The third-order valence-corrected chi connectivity index (χ3v) is 6.68. The normalized spacial score (nSPS) is 24.7. The lowest BCUT2D eigenvalue weighted by atomic mass is 10.0. The number of thioether (sulfide) groups is 2. The molecule has 0 spiro atoms. The van der Waals surface area contributed by atoms with Crippen molar-refractivity contribution in [3.05, 3.63) is 11.5 Å². The predicted octanol–water partition coefficient (Wildman–Crippen LogP) is -0.530. The Bertz CT molecular complexity index is 1070. The first kappa shape index (κ1) is 21.0. The number of anilines is 1. The fraction of sp³-hybridized carbons (Fsp3) is 0.375. The molecule has 4 rings (SSSR count). The van der Waals surface area contributed by atoms with E-state index in [-0.39, 0.29) is 46.2 Å². The number of carboxylic acid groups (broad SMARTS) is 1. The molecule has 1 aromatic heterocycles. The van der Waals surface area contributed by atoms with E-state index in [0.717, 1.165) is 16.7 Å². The molecule has 3 atom stereocenters. The van der Waals surface area contributed by atoms with Gasteiger partial charge in [0.15, 0.2) is 5.82 Å². The number of rotatable bonds is 6. The van der Waals surface area contributed by atoms with Gasteiger partial charge in [0.25, 0.3) is 5.91 Å². The first-order valence-electron chi connectivity index (χ1n) is 8.94. The van der Waals surface area contributed by atoms with Gasteiger partial charge in [-0.05, 0) is 0 Å². The zero-order chi connectivity index (χ0) is 22.3. The third kappa shape index (κ3) is 3.93. The predicted molar refractivity (Wildman–Crippen MR) is 112 cm³/mol. The molecule has 0 radical (unpaired) electrons. The van der Waals surface area contributed by atoms with Gasteiger partial charge in [0, 0.05) is 18.2 Å². The van der Waals surface area contributed by atoms with Crippen LogP contribution in [0, 0.1) is 5.41 Å². The van der Waals surface area contributed by atoms with Gasteiger partial charge in [-0.2, -0.15) is 4.98 Å². The summed E-state index contributed by atoms with van der Waals surface area (Å²) < 4.78 is 0. The molecule has 1 saturated heterocycles. The van der Waals surface area contributed by atoms with Gasteiger partial charge in [-0.1, -0.05) is 11.8 Å². The Labute approximate surface area is 183 Å². The second kappa shape index (κ2) is 8.14. The molecule has 0 aromatic carbocycles. The van der Waals surface area contributed by atoms with Gasteiger partial charge >= 0.3 is 5.97 Å². The number of hydrogen-bond donors (Lipinski definition) is 5. The molecule has 1 aromatic rings. The Morgan fingerprint density at radius 3 is 2.84 bits per heavy atom. The summed E-state index contributed by atoms with van der Waals surface area (Å²) in [5.41, 5.74) is 1.50. The number of nitrogens with zero attached hydrogens (tertiary/aromatic N) is 4. The van der Waals surface area contributed by atoms with Crippen LogP contribution in [0.3, 0.4) is 0 Å². The van der Waals surface area contributed by atoms with Crippen LogP contribution in [0.1, 0.15) is 19.2 Å². The van der Waals surface area contributed by atoms with E-state index in [2.05, 4.69) is 30.8 Å². The fourth-order valence-corrected chi connectivity index (χ4v) is 5.24. The number of hydrogen-bond acceptors (Lipinski definition) is 10. The molecule has 13 nitrogen and oxygen atoms in total. The summed E-state index contributed by atoms with van der Waals surface area (Å²) in [7, 11) is 0. The highest BCUT2D eigenvalue weighted by molar-refractivity contribution is 8.25. The van der Waals surface area contributed by atoms with Crippen LogP contribution in [-0.2, 0) is 19.2 Å². The molecular formula is C16H16N8O5S2. The zero-order valence-electron chi connectivity index (χ0n) is 15.9. The van der Waals surface area contributed by atoms with Gasteiger partial charge in [-0.3, -0.25) is 40.1 Å². The number of β-lactam (4-membered cyclic amide) rings is 1. The van der Waals surface area contributed by atoms with Crippen molar-refractivity contribution in [3.63, 3.8) is 0 Å². The molecule has 3 aliphatic rings. The molecule has 3 amide bonds. The van der Waals surface area contributed by atoms with Crippen molar-refractivity contribution in [2.24, 2.45) is 4.99 Å². The van der Waals surface area contributed by atoms with Gasteiger partial charge in [-0.15, -0.1) is 16.9 Å². The lowest BCUT2D eigenvalue weighted by Crippen LogP contribution is -2.70. The van der Waals surface area contributed by atoms with Crippen LogP contribution >= 0.6 is 23.5 Å². The first-order valence-corrected chi connectivity index (χ1v) is 10.9. The average Bonchev–Trinajstić information content (AvgIpc) is 3.33. The van der Waals surface area contributed by atoms with Crippen molar-refractivity contribution in [3.8, 4) is 0 Å². The van der Waals surface area contributed by atoms with Crippen molar-refractivity contribution in [2.45, 2.75) is 30.8 Å². The molecule has 0 saturated carbocycles. The topological polar surface area (TPSA) is 194 Å². The quantitative estimate of drug-likeness (QED) is 0.344. The minimum Gasteiger partial charge on any atom is -0.477 e. The molecule has 3 aliphatic heterocycles. The number of carbonyl (C=O) groups excluding carboxylic acids is 3. The highest BCUT2D eigenvalue weighted by Gasteiger charge is 2.54. The van der Waals surface area contributed by atoms with Crippen LogP contribution in [0.4, 0.5) is 5.95 Å². The van der Waals surface area contributed by atoms with Crippen molar-refractivity contribution in [1.29, 1.82) is 5.41 Å². The Hall–Kier alpha value is -3.20. The summed E-state index contributed by atoms with van der Waals surface area (Å²) in [6.45, 7) is 1.28. The highest BCUT2D eigenvalue weighted by atomic mass is 32.2. The highest BCUT2D eigenvalue weighted by Crippen LogP contribution is 2.42. The van der Waals surface area contributed by atoms with Gasteiger partial charge in [-0.25, -0.2) is 4.79 Å². The molecular weight excluding hydrogens is 448 g/mol. The second-order valence-corrected chi connectivity index (χ2v) is 8.72. The Balaban J connectivity index is 1.50. The van der Waals surface area contributed by atoms with E-state index in [4.69, 9.17) is 5.41 Å². The van der Waals surface area contributed by atoms with Gasteiger partial charge in [0.2, 0.25) is 17.8 Å². The molecule has 0 aliphatic carbocycles. The van der Waals surface area contributed by atoms with Crippen LogP contribution in [0.2, 0.25) is 0 Å². The van der Waals surface area contributed by atoms with Crippen LogP contribution in [0.25, 0.3) is 5.57 Å². The van der Waals surface area contributed by atoms with Crippen molar-refractivity contribution in [2.75, 3.05) is 11.1 Å². The number of amides is 3. The zero-order valence-corrected chi connectivity index (χ0v) is 17.5. The summed E-state index contributed by atoms with van der Waals surface area (Å²) in [6.07, 6.45) is -0.0552. The van der Waals surface area contributed by atoms with Crippen molar-refractivity contribution < 1.29 is 24.3 Å². The Morgan fingerprint density at radius 2 is 2.19 bits per heavy atom. The molecule has 2 unspecified atom stereocenters. The summed E-state index contributed by atoms with van der Waals surface area (Å²) in [5, 5.41) is 28.5. The molecule has 4 heterocycles. The minimum absolute atomic E-state index is 0.00904. The maximum atomic E-state index is 12.7. The average molecular weight is 464 g/mol. The maximum Gasteiger partial charge on any atom is 0.353 e. The van der Waals surface area contributed by atoms with E-state index in [0.29, 0.717) is 0 Å². The van der Waals surface area contributed by atoms with Gasteiger partial charge in [0.1, 0.15) is 23.2 Å². The van der Waals surface area contributed by atoms with E-state index in [9.17, 15) is 24.3 Å². The number of aromatic nitrogens is 3. The maximum absolute atomic E-state index is 12.7. The van der Waals surface area contributed by atoms with Crippen LogP contribution in [0.15, 0.2) is 10.7 Å². The smallest absolute Gasteiger partial charge is 0.353 e. The SMILES string of the molecule is CC(=O)Nc1n[nH]c(C2=C(C(=O)O)N3C(=O)C(NC(=O)CC4N=CSC4=N)[C@H]3SC2)n1. The molecule has 31 heavy (non-hydrogen) atoms. The van der Waals surface area contributed by atoms with Gasteiger partial charge < -0.3 is 10.4 Å². The number of H-pyrrole nitrogens is 1. The van der Waals surface area contributed by atoms with Crippen molar-refractivity contribution in [1.82, 2.24) is 25.4 Å².